The number of nitrogens with two attached hydrogens (primary N) is 1. The van der Waals surface area contributed by atoms with Crippen LogP contribution in [0, 0.1) is 11.8 Å². The molecule has 0 saturated heterocycles. The fourth-order valence-corrected chi connectivity index (χ4v) is 3.04. The minimum absolute atomic E-state index is 0.243. The molecule has 0 spiro atoms. The molecule has 0 radical (unpaired) electrons. The van der Waals surface area contributed by atoms with Crippen LogP contribution in [0.15, 0.2) is 0 Å². The van der Waals surface area contributed by atoms with E-state index in [1.807, 2.05) is 0 Å². The molecule has 0 aromatic carbocycles. The van der Waals surface area contributed by atoms with Gasteiger partial charge in [-0.3, -0.25) is 11.3 Å². The number of hydrogen-bond acceptors (Lipinski definition) is 3. The third-order valence-electron chi connectivity index (χ3n) is 3.94. The molecular weight excluding hydrogens is 212 g/mol. The Morgan fingerprint density at radius 1 is 1.24 bits per heavy atom. The predicted octanol–water partition coefficient (Wildman–Crippen LogP) is 2.85. The first-order valence-electron chi connectivity index (χ1n) is 7.26. The Hall–Kier alpha value is -0.120. The fourth-order valence-electron chi connectivity index (χ4n) is 3.04. The Kier molecular flexibility index (Phi) is 7.09. The molecular formula is C14H30N2O. The van der Waals surface area contributed by atoms with E-state index in [2.05, 4.69) is 26.2 Å². The molecule has 1 saturated carbocycles. The van der Waals surface area contributed by atoms with Crippen LogP contribution >= 0.6 is 0 Å². The summed E-state index contributed by atoms with van der Waals surface area (Å²) in [6, 6.07) is 0.304. The average Bonchev–Trinajstić information content (AvgIpc) is 2.34. The van der Waals surface area contributed by atoms with Gasteiger partial charge in [-0.25, -0.2) is 0 Å². The van der Waals surface area contributed by atoms with Crippen LogP contribution in [0.3, 0.4) is 0 Å². The molecule has 1 aliphatic rings. The van der Waals surface area contributed by atoms with Gasteiger partial charge in [-0.2, -0.15) is 0 Å². The van der Waals surface area contributed by atoms with Gasteiger partial charge in [0.05, 0.1) is 6.10 Å². The summed E-state index contributed by atoms with van der Waals surface area (Å²) < 4.78 is 5.86. The van der Waals surface area contributed by atoms with Crippen LogP contribution in [0.5, 0.6) is 0 Å². The second-order valence-electron chi connectivity index (χ2n) is 5.68. The van der Waals surface area contributed by atoms with Gasteiger partial charge in [0.2, 0.25) is 0 Å². The van der Waals surface area contributed by atoms with E-state index in [4.69, 9.17) is 10.6 Å². The zero-order valence-corrected chi connectivity index (χ0v) is 11.7. The molecule has 1 aliphatic carbocycles. The second kappa shape index (κ2) is 8.06. The molecule has 0 aromatic rings. The van der Waals surface area contributed by atoms with Crippen molar-refractivity contribution >= 4 is 0 Å². The lowest BCUT2D eigenvalue weighted by atomic mass is 9.82. The normalized spacial score (nSPS) is 21.7. The number of rotatable bonds is 7. The summed E-state index contributed by atoms with van der Waals surface area (Å²) in [6.07, 6.45) is 8.35. The monoisotopic (exact) mass is 242 g/mol. The lowest BCUT2D eigenvalue weighted by Crippen LogP contribution is -2.48. The number of hydrogen-bond donors (Lipinski definition) is 2. The van der Waals surface area contributed by atoms with Crippen LogP contribution in [-0.4, -0.2) is 18.8 Å². The average molecular weight is 242 g/mol. The summed E-state index contributed by atoms with van der Waals surface area (Å²) in [4.78, 5) is 0. The third-order valence-corrected chi connectivity index (χ3v) is 3.94. The Bertz CT molecular complexity index is 191. The minimum atomic E-state index is 0.243. The third kappa shape index (κ3) is 4.94. The number of ether oxygens (including phenoxy) is 1. The van der Waals surface area contributed by atoms with Crippen LogP contribution in [0.25, 0.3) is 0 Å². The lowest BCUT2D eigenvalue weighted by Gasteiger charge is -2.33. The molecule has 17 heavy (non-hydrogen) atoms. The van der Waals surface area contributed by atoms with Crippen molar-refractivity contribution in [1.82, 2.24) is 5.43 Å². The summed E-state index contributed by atoms with van der Waals surface area (Å²) >= 11 is 0. The molecule has 3 nitrogen and oxygen atoms in total. The highest BCUT2D eigenvalue weighted by Gasteiger charge is 2.27. The van der Waals surface area contributed by atoms with Gasteiger partial charge < -0.3 is 4.74 Å². The SMILES string of the molecule is CCOC(C(C)C)C(CC1CCCCC1)NN. The van der Waals surface area contributed by atoms with E-state index in [0.717, 1.165) is 12.5 Å². The zero-order valence-electron chi connectivity index (χ0n) is 11.7. The van der Waals surface area contributed by atoms with Gasteiger partial charge in [0.25, 0.3) is 0 Å². The van der Waals surface area contributed by atoms with Crippen molar-refractivity contribution in [3.05, 3.63) is 0 Å². The highest BCUT2D eigenvalue weighted by atomic mass is 16.5. The summed E-state index contributed by atoms with van der Waals surface area (Å²) in [6.45, 7) is 7.26. The van der Waals surface area contributed by atoms with Crippen LogP contribution < -0.4 is 11.3 Å². The molecule has 2 unspecified atom stereocenters. The Morgan fingerprint density at radius 2 is 1.88 bits per heavy atom. The van der Waals surface area contributed by atoms with E-state index in [-0.39, 0.29) is 6.10 Å². The van der Waals surface area contributed by atoms with Crippen LogP contribution in [0.4, 0.5) is 0 Å². The van der Waals surface area contributed by atoms with Crippen LogP contribution in [-0.2, 0) is 4.74 Å². The van der Waals surface area contributed by atoms with Gasteiger partial charge in [-0.05, 0) is 25.2 Å². The first-order chi connectivity index (χ1) is 8.19. The molecule has 0 aromatic heterocycles. The molecule has 1 fully saturated rings. The second-order valence-corrected chi connectivity index (χ2v) is 5.68. The summed E-state index contributed by atoms with van der Waals surface area (Å²) in [5.41, 5.74) is 2.99. The molecule has 0 aliphatic heterocycles. The Morgan fingerprint density at radius 3 is 2.35 bits per heavy atom. The molecule has 0 heterocycles. The maximum atomic E-state index is 5.86. The summed E-state index contributed by atoms with van der Waals surface area (Å²) in [5.74, 6) is 7.08. The van der Waals surface area contributed by atoms with E-state index in [0.29, 0.717) is 12.0 Å². The van der Waals surface area contributed by atoms with E-state index in [9.17, 15) is 0 Å². The van der Waals surface area contributed by atoms with E-state index in [1.165, 1.54) is 38.5 Å². The van der Waals surface area contributed by atoms with Gasteiger partial charge in [0.15, 0.2) is 0 Å². The van der Waals surface area contributed by atoms with Gasteiger partial charge >= 0.3 is 0 Å². The topological polar surface area (TPSA) is 47.3 Å². The zero-order chi connectivity index (χ0) is 12.7. The lowest BCUT2D eigenvalue weighted by molar-refractivity contribution is -0.00379. The maximum Gasteiger partial charge on any atom is 0.0764 e. The van der Waals surface area contributed by atoms with Crippen molar-refractivity contribution < 1.29 is 4.74 Å². The van der Waals surface area contributed by atoms with Gasteiger partial charge in [0.1, 0.15) is 0 Å². The number of nitrogens with one attached hydrogen (secondary N) is 1. The van der Waals surface area contributed by atoms with Gasteiger partial charge in [-0.1, -0.05) is 46.0 Å². The molecule has 0 amide bonds. The molecule has 1 rings (SSSR count). The first kappa shape index (κ1) is 14.9. The first-order valence-corrected chi connectivity index (χ1v) is 7.26. The predicted molar refractivity (Wildman–Crippen MR) is 72.6 cm³/mol. The summed E-state index contributed by atoms with van der Waals surface area (Å²) in [7, 11) is 0. The van der Waals surface area contributed by atoms with Crippen molar-refractivity contribution in [3.63, 3.8) is 0 Å². The standard InChI is InChI=1S/C14H30N2O/c1-4-17-14(11(2)3)13(16-15)10-12-8-6-5-7-9-12/h11-14,16H,4-10,15H2,1-3H3. The van der Waals surface area contributed by atoms with Crippen molar-refractivity contribution in [2.45, 2.75) is 71.4 Å². The van der Waals surface area contributed by atoms with E-state index >= 15 is 0 Å². The van der Waals surface area contributed by atoms with Crippen molar-refractivity contribution in [2.75, 3.05) is 6.61 Å². The Balaban J connectivity index is 2.48. The van der Waals surface area contributed by atoms with Crippen LogP contribution in [0.2, 0.25) is 0 Å². The molecule has 102 valence electrons. The van der Waals surface area contributed by atoms with Gasteiger partial charge in [0, 0.05) is 12.6 Å². The van der Waals surface area contributed by atoms with E-state index < -0.39 is 0 Å². The van der Waals surface area contributed by atoms with Crippen molar-refractivity contribution in [1.29, 1.82) is 0 Å². The molecule has 3 N–H and O–H groups in total. The largest absolute Gasteiger partial charge is 0.377 e. The summed E-state index contributed by atoms with van der Waals surface area (Å²) in [5, 5.41) is 0. The Labute approximate surface area is 106 Å². The minimum Gasteiger partial charge on any atom is -0.377 e. The van der Waals surface area contributed by atoms with Crippen molar-refractivity contribution in [2.24, 2.45) is 17.7 Å². The smallest absolute Gasteiger partial charge is 0.0764 e. The van der Waals surface area contributed by atoms with Gasteiger partial charge in [-0.15, -0.1) is 0 Å². The fraction of sp³-hybridized carbons (Fsp3) is 1.00. The van der Waals surface area contributed by atoms with Crippen LogP contribution in [0.1, 0.15) is 59.3 Å². The molecule has 0 bridgehead atoms. The van der Waals surface area contributed by atoms with E-state index in [1.54, 1.807) is 0 Å². The molecule has 3 heteroatoms. The highest BCUT2D eigenvalue weighted by Crippen LogP contribution is 2.29. The number of hydrazine groups is 1. The highest BCUT2D eigenvalue weighted by molar-refractivity contribution is 4.81. The quantitative estimate of drug-likeness (QED) is 0.533. The maximum absolute atomic E-state index is 5.86. The molecule has 2 atom stereocenters. The van der Waals surface area contributed by atoms with Crippen molar-refractivity contribution in [3.8, 4) is 0 Å².